The molecule has 1 aliphatic rings. The first kappa shape index (κ1) is 14.1. The molecule has 1 amide bonds. The first-order chi connectivity index (χ1) is 11.2. The summed E-state index contributed by atoms with van der Waals surface area (Å²) in [5, 5.41) is 7.99. The molecule has 4 rings (SSSR count). The van der Waals surface area contributed by atoms with Crippen LogP contribution in [0.2, 0.25) is 5.02 Å². The minimum atomic E-state index is -0.0854. The van der Waals surface area contributed by atoms with Gasteiger partial charge in [-0.15, -0.1) is 0 Å². The summed E-state index contributed by atoms with van der Waals surface area (Å²) in [6.07, 6.45) is 3.78. The van der Waals surface area contributed by atoms with Crippen LogP contribution in [0.3, 0.4) is 0 Å². The molecule has 5 nitrogen and oxygen atoms in total. The number of hydrogen-bond acceptors (Lipinski definition) is 3. The molecule has 0 aliphatic carbocycles. The highest BCUT2D eigenvalue weighted by Gasteiger charge is 2.31. The molecule has 3 heterocycles. The van der Waals surface area contributed by atoms with Crippen LogP contribution in [0, 0.1) is 0 Å². The molecule has 1 aromatic carbocycles. The Kier molecular flexibility index (Phi) is 3.42. The van der Waals surface area contributed by atoms with E-state index in [9.17, 15) is 4.79 Å². The normalized spacial score (nSPS) is 16.9. The van der Waals surface area contributed by atoms with Crippen molar-refractivity contribution >= 4 is 23.3 Å². The standard InChI is InChI=1S/C17H14ClN3O2/c18-15-6-2-1-5-12(15)13-8-16(22)20-17-14(13)9-19-21(17)10-11-4-3-7-23-11/h1-7,9,13H,8,10H2,(H,20,22)/t13-/m0/s1. The van der Waals surface area contributed by atoms with Gasteiger partial charge in [0.15, 0.2) is 0 Å². The highest BCUT2D eigenvalue weighted by Crippen LogP contribution is 2.39. The first-order valence-electron chi connectivity index (χ1n) is 7.35. The largest absolute Gasteiger partial charge is 0.467 e. The minimum Gasteiger partial charge on any atom is -0.467 e. The molecular weight excluding hydrogens is 314 g/mol. The van der Waals surface area contributed by atoms with Crippen LogP contribution < -0.4 is 5.32 Å². The molecule has 2 aromatic heterocycles. The number of aromatic nitrogens is 2. The molecule has 0 bridgehead atoms. The summed E-state index contributed by atoms with van der Waals surface area (Å²) in [4.78, 5) is 12.2. The predicted octanol–water partition coefficient (Wildman–Crippen LogP) is 3.65. The maximum atomic E-state index is 12.2. The molecule has 0 unspecified atom stereocenters. The molecule has 3 aromatic rings. The van der Waals surface area contributed by atoms with Gasteiger partial charge in [0, 0.05) is 22.9 Å². The van der Waals surface area contributed by atoms with Gasteiger partial charge in [-0.1, -0.05) is 29.8 Å². The van der Waals surface area contributed by atoms with Crippen molar-refractivity contribution in [3.63, 3.8) is 0 Å². The van der Waals surface area contributed by atoms with Crippen molar-refractivity contribution in [3.05, 3.63) is 70.8 Å². The molecule has 6 heteroatoms. The number of nitrogens with one attached hydrogen (secondary N) is 1. The lowest BCUT2D eigenvalue weighted by Crippen LogP contribution is -2.25. The lowest BCUT2D eigenvalue weighted by Gasteiger charge is -2.24. The SMILES string of the molecule is O=C1C[C@@H](c2ccccc2Cl)c2cnn(Cc3ccco3)c2N1. The second-order valence-electron chi connectivity index (χ2n) is 5.51. The topological polar surface area (TPSA) is 60.1 Å². The van der Waals surface area contributed by atoms with Crippen molar-refractivity contribution in [1.82, 2.24) is 9.78 Å². The van der Waals surface area contributed by atoms with Gasteiger partial charge in [-0.25, -0.2) is 4.68 Å². The van der Waals surface area contributed by atoms with Crippen molar-refractivity contribution in [3.8, 4) is 0 Å². The van der Waals surface area contributed by atoms with Crippen molar-refractivity contribution in [2.45, 2.75) is 18.9 Å². The summed E-state index contributed by atoms with van der Waals surface area (Å²) in [5.41, 5.74) is 1.92. The number of furan rings is 1. The number of benzene rings is 1. The Hall–Kier alpha value is -2.53. The van der Waals surface area contributed by atoms with Crippen LogP contribution in [0.5, 0.6) is 0 Å². The zero-order valence-electron chi connectivity index (χ0n) is 12.2. The molecule has 23 heavy (non-hydrogen) atoms. The fraction of sp³-hybridized carbons (Fsp3) is 0.176. The molecule has 0 fully saturated rings. The second-order valence-corrected chi connectivity index (χ2v) is 5.92. The van der Waals surface area contributed by atoms with Gasteiger partial charge in [0.05, 0.1) is 12.5 Å². The van der Waals surface area contributed by atoms with E-state index in [1.165, 1.54) is 0 Å². The maximum Gasteiger partial charge on any atom is 0.226 e. The van der Waals surface area contributed by atoms with E-state index < -0.39 is 0 Å². The Morgan fingerprint density at radius 3 is 2.91 bits per heavy atom. The molecule has 1 aliphatic heterocycles. The van der Waals surface area contributed by atoms with E-state index in [1.54, 1.807) is 17.1 Å². The minimum absolute atomic E-state index is 0.0383. The number of halogens is 1. The van der Waals surface area contributed by atoms with Gasteiger partial charge in [0.25, 0.3) is 0 Å². The molecular formula is C17H14ClN3O2. The Morgan fingerprint density at radius 1 is 1.26 bits per heavy atom. The summed E-state index contributed by atoms with van der Waals surface area (Å²) in [7, 11) is 0. The third kappa shape index (κ3) is 2.53. The van der Waals surface area contributed by atoms with Crippen molar-refractivity contribution in [2.24, 2.45) is 0 Å². The van der Waals surface area contributed by atoms with E-state index >= 15 is 0 Å². The summed E-state index contributed by atoms with van der Waals surface area (Å²) < 4.78 is 7.11. The van der Waals surface area contributed by atoms with Crippen molar-refractivity contribution < 1.29 is 9.21 Å². The average molecular weight is 328 g/mol. The van der Waals surface area contributed by atoms with Gasteiger partial charge in [0.1, 0.15) is 18.1 Å². The molecule has 1 N–H and O–H groups in total. The van der Waals surface area contributed by atoms with Crippen LogP contribution in [0.15, 0.2) is 53.3 Å². The number of carbonyl (C=O) groups is 1. The van der Waals surface area contributed by atoms with Crippen LogP contribution in [0.1, 0.15) is 29.2 Å². The first-order valence-corrected chi connectivity index (χ1v) is 7.72. The summed E-state index contributed by atoms with van der Waals surface area (Å²) in [6, 6.07) is 11.3. The van der Waals surface area contributed by atoms with Crippen LogP contribution in [0.25, 0.3) is 0 Å². The summed E-state index contributed by atoms with van der Waals surface area (Å²) in [5.74, 6) is 1.37. The molecule has 0 spiro atoms. The lowest BCUT2D eigenvalue weighted by molar-refractivity contribution is -0.116. The van der Waals surface area contributed by atoms with Gasteiger partial charge < -0.3 is 9.73 Å². The number of hydrogen-bond donors (Lipinski definition) is 1. The Labute approximate surface area is 137 Å². The number of amides is 1. The molecule has 0 saturated heterocycles. The van der Waals surface area contributed by atoms with E-state index in [0.29, 0.717) is 23.8 Å². The number of rotatable bonds is 3. The molecule has 1 atom stereocenters. The number of fused-ring (bicyclic) bond motifs is 1. The Morgan fingerprint density at radius 2 is 2.13 bits per heavy atom. The van der Waals surface area contributed by atoms with E-state index in [0.717, 1.165) is 16.9 Å². The fourth-order valence-electron chi connectivity index (χ4n) is 2.98. The van der Waals surface area contributed by atoms with Crippen LogP contribution in [-0.2, 0) is 11.3 Å². The van der Waals surface area contributed by atoms with Gasteiger partial charge in [-0.05, 0) is 23.8 Å². The van der Waals surface area contributed by atoms with E-state index in [-0.39, 0.29) is 11.8 Å². The summed E-state index contributed by atoms with van der Waals surface area (Å²) in [6.45, 7) is 0.470. The zero-order valence-corrected chi connectivity index (χ0v) is 13.0. The molecule has 0 saturated carbocycles. The van der Waals surface area contributed by atoms with E-state index in [4.69, 9.17) is 16.0 Å². The van der Waals surface area contributed by atoms with E-state index in [2.05, 4.69) is 10.4 Å². The third-order valence-corrected chi connectivity index (χ3v) is 4.40. The van der Waals surface area contributed by atoms with Gasteiger partial charge in [0.2, 0.25) is 5.91 Å². The van der Waals surface area contributed by atoms with Crippen molar-refractivity contribution in [2.75, 3.05) is 5.32 Å². The summed E-state index contributed by atoms with van der Waals surface area (Å²) >= 11 is 6.32. The maximum absolute atomic E-state index is 12.2. The Balaban J connectivity index is 1.75. The average Bonchev–Trinajstić information content (AvgIpc) is 3.18. The lowest BCUT2D eigenvalue weighted by atomic mass is 9.87. The van der Waals surface area contributed by atoms with Crippen LogP contribution in [0.4, 0.5) is 5.82 Å². The smallest absolute Gasteiger partial charge is 0.226 e. The predicted molar refractivity (Wildman–Crippen MR) is 86.6 cm³/mol. The van der Waals surface area contributed by atoms with Gasteiger partial charge >= 0.3 is 0 Å². The van der Waals surface area contributed by atoms with Crippen LogP contribution >= 0.6 is 11.6 Å². The van der Waals surface area contributed by atoms with Gasteiger partial charge in [-0.2, -0.15) is 5.10 Å². The number of nitrogens with zero attached hydrogens (tertiary/aromatic N) is 2. The second kappa shape index (κ2) is 5.59. The highest BCUT2D eigenvalue weighted by atomic mass is 35.5. The molecule has 0 radical (unpaired) electrons. The monoisotopic (exact) mass is 327 g/mol. The van der Waals surface area contributed by atoms with Crippen molar-refractivity contribution in [1.29, 1.82) is 0 Å². The third-order valence-electron chi connectivity index (χ3n) is 4.06. The van der Waals surface area contributed by atoms with Crippen LogP contribution in [-0.4, -0.2) is 15.7 Å². The highest BCUT2D eigenvalue weighted by molar-refractivity contribution is 6.31. The number of anilines is 1. The fourth-order valence-corrected chi connectivity index (χ4v) is 3.24. The van der Waals surface area contributed by atoms with Gasteiger partial charge in [-0.3, -0.25) is 4.79 Å². The zero-order chi connectivity index (χ0) is 15.8. The quantitative estimate of drug-likeness (QED) is 0.798. The number of carbonyl (C=O) groups excluding carboxylic acids is 1. The van der Waals surface area contributed by atoms with E-state index in [1.807, 2.05) is 36.4 Å². The molecule has 116 valence electrons. The Bertz CT molecular complexity index is 855.